The molecule has 7 heteroatoms. The highest BCUT2D eigenvalue weighted by Crippen LogP contribution is 2.28. The second-order valence-electron chi connectivity index (χ2n) is 3.57. The van der Waals surface area contributed by atoms with Crippen molar-refractivity contribution in [1.82, 2.24) is 0 Å². The number of fused-ring (bicyclic) bond motifs is 1. The fourth-order valence-corrected chi connectivity index (χ4v) is 2.70. The van der Waals surface area contributed by atoms with Gasteiger partial charge in [-0.1, -0.05) is 0 Å². The monoisotopic (exact) mass is 284 g/mol. The summed E-state index contributed by atoms with van der Waals surface area (Å²) in [6, 6.07) is 6.39. The van der Waals surface area contributed by atoms with Crippen molar-refractivity contribution in [3.05, 3.63) is 34.7 Å². The lowest BCUT2D eigenvalue weighted by atomic mass is 10.1. The Balaban J connectivity index is 2.40. The molecule has 0 saturated heterocycles. The molecular formula is C11H9O5PS. The predicted molar refractivity (Wildman–Crippen MR) is 68.5 cm³/mol. The standard InChI is InChI=1S/C11H9O5PS/c1-6(12)10-5-8-4-7(2-3-9(8)18-10)11(13)16-17(14)15/h2-5,17H,1H3,(H,14,15). The van der Waals surface area contributed by atoms with E-state index in [1.165, 1.54) is 30.4 Å². The number of carbonyl (C=O) groups excluding carboxylic acids is 2. The maximum Gasteiger partial charge on any atom is 0.367 e. The third-order valence-corrected chi connectivity index (χ3v) is 3.86. The molecule has 18 heavy (non-hydrogen) atoms. The van der Waals surface area contributed by atoms with Gasteiger partial charge in [-0.15, -0.1) is 11.3 Å². The van der Waals surface area contributed by atoms with Crippen LogP contribution in [-0.2, 0) is 9.09 Å². The molecule has 2 rings (SSSR count). The van der Waals surface area contributed by atoms with Crippen molar-refractivity contribution < 1.29 is 23.6 Å². The molecule has 1 heterocycles. The van der Waals surface area contributed by atoms with Crippen molar-refractivity contribution >= 4 is 41.4 Å². The third kappa shape index (κ3) is 2.67. The fraction of sp³-hybridized carbons (Fsp3) is 0.0909. The van der Waals surface area contributed by atoms with E-state index in [4.69, 9.17) is 4.89 Å². The number of thiophene rings is 1. The summed E-state index contributed by atoms with van der Waals surface area (Å²) in [5.74, 6) is -0.889. The minimum absolute atomic E-state index is 0.0410. The Morgan fingerprint density at radius 1 is 1.33 bits per heavy atom. The van der Waals surface area contributed by atoms with Crippen molar-refractivity contribution in [3.63, 3.8) is 0 Å². The zero-order valence-corrected chi connectivity index (χ0v) is 11.1. The van der Waals surface area contributed by atoms with Gasteiger partial charge in [-0.05, 0) is 36.6 Å². The SMILES string of the molecule is CC(=O)c1cc2cc(C(=O)O[PH](=O)O)ccc2s1. The lowest BCUT2D eigenvalue weighted by Gasteiger charge is -2.00. The Morgan fingerprint density at radius 3 is 2.67 bits per heavy atom. The Morgan fingerprint density at radius 2 is 2.06 bits per heavy atom. The minimum atomic E-state index is -3.29. The lowest BCUT2D eigenvalue weighted by molar-refractivity contribution is 0.0730. The van der Waals surface area contributed by atoms with Gasteiger partial charge in [0.15, 0.2) is 5.78 Å². The fourth-order valence-electron chi connectivity index (χ4n) is 1.48. The number of carbonyl (C=O) groups is 2. The maximum atomic E-state index is 11.4. The Kier molecular flexibility index (Phi) is 3.61. The molecule has 0 spiro atoms. The number of rotatable bonds is 3. The molecule has 0 aliphatic rings. The first-order valence-electron chi connectivity index (χ1n) is 4.97. The van der Waals surface area contributed by atoms with Crippen molar-refractivity contribution in [2.45, 2.75) is 6.92 Å². The van der Waals surface area contributed by atoms with E-state index in [2.05, 4.69) is 4.52 Å². The van der Waals surface area contributed by atoms with Crippen molar-refractivity contribution in [1.29, 1.82) is 0 Å². The van der Waals surface area contributed by atoms with Crippen LogP contribution in [0.3, 0.4) is 0 Å². The van der Waals surface area contributed by atoms with E-state index in [1.807, 2.05) is 0 Å². The molecule has 0 aliphatic heterocycles. The minimum Gasteiger partial charge on any atom is -0.390 e. The molecule has 0 amide bonds. The van der Waals surface area contributed by atoms with Crippen LogP contribution in [0.1, 0.15) is 27.0 Å². The van der Waals surface area contributed by atoms with Crippen LogP contribution >= 0.6 is 19.6 Å². The quantitative estimate of drug-likeness (QED) is 0.692. The molecule has 5 nitrogen and oxygen atoms in total. The van der Waals surface area contributed by atoms with Gasteiger partial charge in [0.25, 0.3) is 0 Å². The molecule has 0 saturated carbocycles. The molecule has 1 aromatic heterocycles. The second-order valence-corrected chi connectivity index (χ2v) is 5.39. The summed E-state index contributed by atoms with van der Waals surface area (Å²) in [5.41, 5.74) is 0.183. The molecule has 0 fully saturated rings. The first-order chi connectivity index (χ1) is 8.47. The van der Waals surface area contributed by atoms with Gasteiger partial charge in [-0.25, -0.2) is 9.36 Å². The second kappa shape index (κ2) is 5.02. The van der Waals surface area contributed by atoms with E-state index in [0.29, 0.717) is 4.88 Å². The normalized spacial score (nSPS) is 12.3. The largest absolute Gasteiger partial charge is 0.390 e. The van der Waals surface area contributed by atoms with Crippen LogP contribution in [0, 0.1) is 0 Å². The smallest absolute Gasteiger partial charge is 0.367 e. The molecule has 0 radical (unpaired) electrons. The summed E-state index contributed by atoms with van der Waals surface area (Å²) < 4.78 is 15.5. The van der Waals surface area contributed by atoms with E-state index in [0.717, 1.165) is 10.1 Å². The summed E-state index contributed by atoms with van der Waals surface area (Å²) in [5, 5.41) is 0.734. The molecule has 1 aromatic carbocycles. The highest BCUT2D eigenvalue weighted by molar-refractivity contribution is 7.32. The van der Waals surface area contributed by atoms with E-state index in [9.17, 15) is 14.2 Å². The first-order valence-corrected chi connectivity index (χ1v) is 7.05. The molecule has 0 aliphatic carbocycles. The lowest BCUT2D eigenvalue weighted by Crippen LogP contribution is -1.98. The molecule has 1 N–H and O–H groups in total. The van der Waals surface area contributed by atoms with Gasteiger partial charge < -0.3 is 9.42 Å². The van der Waals surface area contributed by atoms with E-state index in [1.54, 1.807) is 12.1 Å². The number of ketones is 1. The predicted octanol–water partition coefficient (Wildman–Crippen LogP) is 2.64. The van der Waals surface area contributed by atoms with Crippen LogP contribution in [0.2, 0.25) is 0 Å². The van der Waals surface area contributed by atoms with Gasteiger partial charge in [0.2, 0.25) is 0 Å². The van der Waals surface area contributed by atoms with Crippen LogP contribution in [0.15, 0.2) is 24.3 Å². The van der Waals surface area contributed by atoms with Gasteiger partial charge in [0, 0.05) is 4.70 Å². The van der Waals surface area contributed by atoms with E-state index < -0.39 is 14.2 Å². The summed E-state index contributed by atoms with van der Waals surface area (Å²) in [4.78, 5) is 31.8. The zero-order chi connectivity index (χ0) is 13.3. The van der Waals surface area contributed by atoms with Crippen LogP contribution in [0.4, 0.5) is 0 Å². The molecule has 94 valence electrons. The van der Waals surface area contributed by atoms with Gasteiger partial charge in [-0.2, -0.15) is 0 Å². The van der Waals surface area contributed by atoms with Crippen molar-refractivity contribution in [2.75, 3.05) is 0 Å². The number of Topliss-reactive ketones (excluding diaryl/α,β-unsaturated/α-hetero) is 1. The van der Waals surface area contributed by atoms with E-state index in [-0.39, 0.29) is 11.3 Å². The van der Waals surface area contributed by atoms with Gasteiger partial charge in [-0.3, -0.25) is 4.79 Å². The number of hydrogen-bond donors (Lipinski definition) is 1. The number of hydrogen-bond acceptors (Lipinski definition) is 5. The third-order valence-electron chi connectivity index (χ3n) is 2.28. The molecule has 0 bridgehead atoms. The Bertz CT molecular complexity index is 660. The molecular weight excluding hydrogens is 275 g/mol. The maximum absolute atomic E-state index is 11.4. The topological polar surface area (TPSA) is 80.7 Å². The van der Waals surface area contributed by atoms with Crippen molar-refractivity contribution in [2.24, 2.45) is 0 Å². The van der Waals surface area contributed by atoms with Gasteiger partial charge in [0.1, 0.15) is 0 Å². The molecule has 2 aromatic rings. The highest BCUT2D eigenvalue weighted by atomic mass is 32.1. The number of benzene rings is 1. The Labute approximate surface area is 107 Å². The summed E-state index contributed by atoms with van der Waals surface area (Å²) in [6.45, 7) is 1.47. The van der Waals surface area contributed by atoms with Crippen LogP contribution in [-0.4, -0.2) is 16.6 Å². The molecule has 1 atom stereocenters. The summed E-state index contributed by atoms with van der Waals surface area (Å²) in [6.07, 6.45) is 0. The first kappa shape index (κ1) is 13.0. The molecule has 1 unspecified atom stereocenters. The average Bonchev–Trinajstić information content (AvgIpc) is 2.70. The van der Waals surface area contributed by atoms with E-state index >= 15 is 0 Å². The average molecular weight is 284 g/mol. The van der Waals surface area contributed by atoms with Gasteiger partial charge in [0.05, 0.1) is 10.4 Å². The van der Waals surface area contributed by atoms with Crippen molar-refractivity contribution in [3.8, 4) is 0 Å². The Hall–Kier alpha value is -1.49. The highest BCUT2D eigenvalue weighted by Gasteiger charge is 2.12. The van der Waals surface area contributed by atoms with Gasteiger partial charge >= 0.3 is 14.2 Å². The summed E-state index contributed by atoms with van der Waals surface area (Å²) in [7, 11) is -3.29. The van der Waals surface area contributed by atoms with Crippen LogP contribution < -0.4 is 0 Å². The van der Waals surface area contributed by atoms with Crippen LogP contribution in [0.5, 0.6) is 0 Å². The summed E-state index contributed by atoms with van der Waals surface area (Å²) >= 11 is 1.33. The zero-order valence-electron chi connectivity index (χ0n) is 9.30. The van der Waals surface area contributed by atoms with Crippen LogP contribution in [0.25, 0.3) is 10.1 Å².